The van der Waals surface area contributed by atoms with Crippen LogP contribution in [0, 0.1) is 52.3 Å². The lowest BCUT2D eigenvalue weighted by Gasteiger charge is -2.58. The smallest absolute Gasteiger partial charge is 0.410 e. The first kappa shape index (κ1) is 33.8. The van der Waals surface area contributed by atoms with Crippen LogP contribution in [0.3, 0.4) is 0 Å². The average molecular weight is 588 g/mol. The normalized spacial score (nSPS) is 35.5. The predicted molar refractivity (Wildman–Crippen MR) is 173 cm³/mol. The summed E-state index contributed by atoms with van der Waals surface area (Å²) < 4.78 is 6.21. The first-order valence-electron chi connectivity index (χ1n) is 18.3. The van der Waals surface area contributed by atoms with Gasteiger partial charge in [-0.15, -0.1) is 0 Å². The molecule has 0 aromatic carbocycles. The van der Waals surface area contributed by atoms with Crippen molar-refractivity contribution >= 4 is 6.09 Å². The van der Waals surface area contributed by atoms with Crippen LogP contribution < -0.4 is 11.5 Å². The minimum absolute atomic E-state index is 0.0341. The number of rotatable bonds is 14. The molecule has 3 saturated carbocycles. The Hall–Kier alpha value is -1.07. The van der Waals surface area contributed by atoms with Gasteiger partial charge >= 0.3 is 6.09 Å². The number of ether oxygens (including phenoxy) is 1. The molecule has 0 heterocycles. The molecule has 3 fully saturated rings. The zero-order chi connectivity index (χ0) is 30.5. The van der Waals surface area contributed by atoms with E-state index in [1.807, 2.05) is 4.90 Å². The van der Waals surface area contributed by atoms with Crippen LogP contribution in [0.5, 0.6) is 0 Å². The number of unbranched alkanes of at least 4 members (excludes halogenated alkanes) is 1. The Morgan fingerprint density at radius 1 is 0.976 bits per heavy atom. The largest absolute Gasteiger partial charge is 0.446 e. The molecule has 5 nitrogen and oxygen atoms in total. The van der Waals surface area contributed by atoms with Gasteiger partial charge in [0.25, 0.3) is 0 Å². The summed E-state index contributed by atoms with van der Waals surface area (Å²) in [5, 5.41) is 0. The minimum Gasteiger partial charge on any atom is -0.446 e. The van der Waals surface area contributed by atoms with Crippen molar-refractivity contribution in [3.05, 3.63) is 11.6 Å². The van der Waals surface area contributed by atoms with E-state index >= 15 is 0 Å². The van der Waals surface area contributed by atoms with Gasteiger partial charge in [-0.05, 0) is 116 Å². The molecule has 5 heteroatoms. The minimum atomic E-state index is -0.103. The number of carbonyl (C=O) groups excluding carboxylic acids is 1. The molecule has 4 aliphatic rings. The van der Waals surface area contributed by atoms with Gasteiger partial charge in [-0.1, -0.05) is 66.0 Å². The highest BCUT2D eigenvalue weighted by atomic mass is 16.6. The van der Waals surface area contributed by atoms with Gasteiger partial charge in [0, 0.05) is 25.9 Å². The summed E-state index contributed by atoms with van der Waals surface area (Å²) in [4.78, 5) is 15.1. The second-order valence-corrected chi connectivity index (χ2v) is 16.0. The molecule has 0 radical (unpaired) electrons. The fourth-order valence-corrected chi connectivity index (χ4v) is 10.7. The van der Waals surface area contributed by atoms with Crippen molar-refractivity contribution in [2.24, 2.45) is 52.3 Å². The lowest BCUT2D eigenvalue weighted by Crippen LogP contribution is -2.52. The van der Waals surface area contributed by atoms with Crippen molar-refractivity contribution in [3.8, 4) is 0 Å². The highest BCUT2D eigenvalue weighted by molar-refractivity contribution is 5.67. The lowest BCUT2D eigenvalue weighted by molar-refractivity contribution is -0.369. The maximum atomic E-state index is 13.2. The Bertz CT molecular complexity index is 903. The van der Waals surface area contributed by atoms with Gasteiger partial charge in [-0.3, -0.25) is 0 Å². The molecular weight excluding hydrogens is 518 g/mol. The van der Waals surface area contributed by atoms with E-state index in [1.54, 1.807) is 5.57 Å². The Balaban J connectivity index is 1.38. The van der Waals surface area contributed by atoms with Crippen molar-refractivity contribution < 1.29 is 21.0 Å². The molecule has 4 aliphatic carbocycles. The van der Waals surface area contributed by atoms with Gasteiger partial charge in [0.05, 0.1) is 13.1 Å². The standard InChI is InChI=1S/C37H67N3O2/c1-7-28(26(2)3)12-11-27(4)32-15-16-33-31-14-13-29-25-30(17-19-36(29,5)34(31)18-20-37(32,33)6)42-35(41)40(24-10-22-39)23-9-8-21-38/h13,26-28,30-34H,7-12,14-25,38-39H2,1-6H3/p+2/t27-,28-,30+,31+,32-,33+,34+,36+,37-/m1/s1. The summed E-state index contributed by atoms with van der Waals surface area (Å²) in [5.41, 5.74) is 10.4. The molecule has 242 valence electrons. The first-order chi connectivity index (χ1) is 20.1. The fourth-order valence-electron chi connectivity index (χ4n) is 10.7. The van der Waals surface area contributed by atoms with Crippen molar-refractivity contribution in [1.82, 2.24) is 4.90 Å². The van der Waals surface area contributed by atoms with Crippen LogP contribution in [-0.4, -0.2) is 43.3 Å². The van der Waals surface area contributed by atoms with E-state index in [0.29, 0.717) is 10.8 Å². The number of nitrogens with zero attached hydrogens (tertiary/aromatic N) is 1. The Morgan fingerprint density at radius 3 is 2.40 bits per heavy atom. The van der Waals surface area contributed by atoms with Crippen LogP contribution in [-0.2, 0) is 4.74 Å². The summed E-state index contributed by atoms with van der Waals surface area (Å²) in [6.07, 6.45) is 19.8. The van der Waals surface area contributed by atoms with Crippen LogP contribution in [0.15, 0.2) is 11.6 Å². The van der Waals surface area contributed by atoms with Crippen molar-refractivity contribution in [3.63, 3.8) is 0 Å². The third-order valence-corrected chi connectivity index (χ3v) is 13.4. The zero-order valence-corrected chi connectivity index (χ0v) is 28.6. The number of amides is 1. The molecule has 0 aromatic rings. The van der Waals surface area contributed by atoms with E-state index in [2.05, 4.69) is 59.1 Å². The van der Waals surface area contributed by atoms with E-state index in [0.717, 1.165) is 99.7 Å². The Kier molecular flexibility index (Phi) is 11.9. The van der Waals surface area contributed by atoms with Crippen molar-refractivity contribution in [2.75, 3.05) is 26.2 Å². The highest BCUT2D eigenvalue weighted by Gasteiger charge is 2.59. The highest BCUT2D eigenvalue weighted by Crippen LogP contribution is 2.67. The third kappa shape index (κ3) is 7.08. The number of hydrogen-bond acceptors (Lipinski definition) is 2. The zero-order valence-electron chi connectivity index (χ0n) is 28.6. The van der Waals surface area contributed by atoms with E-state index in [9.17, 15) is 4.79 Å². The molecule has 0 aliphatic heterocycles. The number of carbonyl (C=O) groups is 1. The summed E-state index contributed by atoms with van der Waals surface area (Å²) in [6, 6.07) is 0. The number of allylic oxidation sites excluding steroid dienone is 1. The lowest BCUT2D eigenvalue weighted by atomic mass is 9.47. The molecule has 6 N–H and O–H groups in total. The van der Waals surface area contributed by atoms with Gasteiger partial charge in [0.15, 0.2) is 0 Å². The molecule has 0 bridgehead atoms. The quantitative estimate of drug-likeness (QED) is 0.167. The Morgan fingerprint density at radius 2 is 1.71 bits per heavy atom. The average Bonchev–Trinajstić information content (AvgIpc) is 3.32. The van der Waals surface area contributed by atoms with Gasteiger partial charge < -0.3 is 21.1 Å². The monoisotopic (exact) mass is 588 g/mol. The summed E-state index contributed by atoms with van der Waals surface area (Å²) in [5.74, 6) is 6.00. The van der Waals surface area contributed by atoms with E-state index in [-0.39, 0.29) is 12.2 Å². The topological polar surface area (TPSA) is 84.8 Å². The van der Waals surface area contributed by atoms with Gasteiger partial charge in [-0.2, -0.15) is 0 Å². The molecule has 1 amide bonds. The molecule has 0 spiro atoms. The SMILES string of the molecule is CC[C@H](CC[C@@H](C)[C@H]1CC[C@H]2[C@@H]3CC=C4C[C@@H](OC(=O)N(CCC[NH3+])CCCC[NH3+])CC[C@]4(C)[C@H]3CC[C@]12C)C(C)C. The predicted octanol–water partition coefficient (Wildman–Crippen LogP) is 7.13. The third-order valence-electron chi connectivity index (χ3n) is 13.4. The second-order valence-electron chi connectivity index (χ2n) is 16.0. The second kappa shape index (κ2) is 14.8. The summed E-state index contributed by atoms with van der Waals surface area (Å²) >= 11 is 0. The van der Waals surface area contributed by atoms with Gasteiger partial charge in [0.1, 0.15) is 6.10 Å². The number of quaternary nitrogens is 2. The van der Waals surface area contributed by atoms with Crippen LogP contribution in [0.2, 0.25) is 0 Å². The van der Waals surface area contributed by atoms with E-state index < -0.39 is 0 Å². The van der Waals surface area contributed by atoms with Crippen LogP contribution in [0.1, 0.15) is 131 Å². The van der Waals surface area contributed by atoms with Gasteiger partial charge in [0.2, 0.25) is 0 Å². The Labute approximate surface area is 259 Å². The van der Waals surface area contributed by atoms with Crippen LogP contribution in [0.25, 0.3) is 0 Å². The molecule has 0 aromatic heterocycles. The molecular formula is C37H69N3O2+2. The van der Waals surface area contributed by atoms with Crippen LogP contribution in [0.4, 0.5) is 4.79 Å². The maximum absolute atomic E-state index is 13.2. The fraction of sp³-hybridized carbons (Fsp3) is 0.919. The maximum Gasteiger partial charge on any atom is 0.410 e. The van der Waals surface area contributed by atoms with Crippen molar-refractivity contribution in [1.29, 1.82) is 0 Å². The van der Waals surface area contributed by atoms with E-state index in [4.69, 9.17) is 4.74 Å². The van der Waals surface area contributed by atoms with Gasteiger partial charge in [-0.25, -0.2) is 4.79 Å². The number of fused-ring (bicyclic) bond motifs is 5. The number of hydrogen-bond donors (Lipinski definition) is 2. The van der Waals surface area contributed by atoms with Crippen molar-refractivity contribution in [2.45, 2.75) is 138 Å². The summed E-state index contributed by atoms with van der Waals surface area (Å²) in [6.45, 7) is 18.4. The molecule has 42 heavy (non-hydrogen) atoms. The molecule has 4 rings (SSSR count). The molecule has 0 saturated heterocycles. The van der Waals surface area contributed by atoms with Crippen LogP contribution >= 0.6 is 0 Å². The summed E-state index contributed by atoms with van der Waals surface area (Å²) in [7, 11) is 0. The first-order valence-corrected chi connectivity index (χ1v) is 18.3. The molecule has 9 atom stereocenters. The molecule has 0 unspecified atom stereocenters. The van der Waals surface area contributed by atoms with E-state index in [1.165, 1.54) is 57.8 Å².